The number of anilines is 2. The van der Waals surface area contributed by atoms with E-state index in [0.717, 1.165) is 61.4 Å². The summed E-state index contributed by atoms with van der Waals surface area (Å²) in [6.07, 6.45) is 5.21. The van der Waals surface area contributed by atoms with Crippen LogP contribution in [0.2, 0.25) is 5.02 Å². The van der Waals surface area contributed by atoms with E-state index in [-0.39, 0.29) is 11.7 Å². The number of carbonyl (C=O) groups excluding carboxylic acids is 1. The molecule has 1 aromatic heterocycles. The van der Waals surface area contributed by atoms with Crippen LogP contribution in [0.25, 0.3) is 5.57 Å². The molecule has 4 rings (SSSR count). The minimum atomic E-state index is -0.449. The smallest absolute Gasteiger partial charge is 0.292 e. The monoisotopic (exact) mass is 454 g/mol. The highest BCUT2D eigenvalue weighted by Gasteiger charge is 2.35. The Hall–Kier alpha value is -2.94. The summed E-state index contributed by atoms with van der Waals surface area (Å²) in [6.45, 7) is 11.0. The Morgan fingerprint density at radius 2 is 2.16 bits per heavy atom. The molecule has 2 aliphatic heterocycles. The Morgan fingerprint density at radius 3 is 2.81 bits per heavy atom. The van der Waals surface area contributed by atoms with E-state index in [4.69, 9.17) is 21.8 Å². The third kappa shape index (κ3) is 5.09. The number of aliphatic imine (C=N–C) groups is 1. The summed E-state index contributed by atoms with van der Waals surface area (Å²) in [4.78, 5) is 22.9. The van der Waals surface area contributed by atoms with E-state index in [1.807, 2.05) is 31.2 Å². The molecule has 32 heavy (non-hydrogen) atoms. The maximum Gasteiger partial charge on any atom is 0.292 e. The van der Waals surface area contributed by atoms with Crippen LogP contribution in [0.3, 0.4) is 0 Å². The fraction of sp³-hybridized carbons (Fsp3) is 0.348. The molecule has 0 bridgehead atoms. The maximum atomic E-state index is 12.4. The third-order valence-electron chi connectivity index (χ3n) is 6.00. The summed E-state index contributed by atoms with van der Waals surface area (Å²) in [7, 11) is 0. The Kier molecular flexibility index (Phi) is 6.74. The summed E-state index contributed by atoms with van der Waals surface area (Å²) in [5, 5.41) is 6.63. The number of hydrogen-bond donors (Lipinski definition) is 3. The summed E-state index contributed by atoms with van der Waals surface area (Å²) in [6, 6.07) is 5.40. The second-order valence-corrected chi connectivity index (χ2v) is 8.67. The van der Waals surface area contributed by atoms with E-state index in [2.05, 4.69) is 32.2 Å². The van der Waals surface area contributed by atoms with Crippen molar-refractivity contribution in [1.82, 2.24) is 15.2 Å². The van der Waals surface area contributed by atoms with Crippen LogP contribution < -0.4 is 16.4 Å². The number of halogens is 1. The predicted molar refractivity (Wildman–Crippen MR) is 128 cm³/mol. The van der Waals surface area contributed by atoms with Gasteiger partial charge in [0, 0.05) is 19.6 Å². The summed E-state index contributed by atoms with van der Waals surface area (Å²) < 4.78 is 4.89. The van der Waals surface area contributed by atoms with E-state index in [1.165, 1.54) is 6.26 Å². The molecule has 1 amide bonds. The van der Waals surface area contributed by atoms with Crippen molar-refractivity contribution in [2.24, 2.45) is 16.8 Å². The minimum absolute atomic E-state index is 0.0685. The van der Waals surface area contributed by atoms with Crippen LogP contribution in [0.15, 0.2) is 51.7 Å². The van der Waals surface area contributed by atoms with E-state index in [9.17, 15) is 4.79 Å². The first-order valence-electron chi connectivity index (χ1n) is 10.5. The number of allylic oxidation sites excluding steroid dienone is 3. The molecular formula is C23H27ClN6O2. The van der Waals surface area contributed by atoms with Gasteiger partial charge in [0.2, 0.25) is 0 Å². The lowest BCUT2D eigenvalue weighted by molar-refractivity contribution is 0.102. The van der Waals surface area contributed by atoms with Gasteiger partial charge in [-0.2, -0.15) is 4.98 Å². The molecule has 8 nitrogen and oxygen atoms in total. The van der Waals surface area contributed by atoms with Gasteiger partial charge in [-0.05, 0) is 67.9 Å². The Labute approximate surface area is 192 Å². The summed E-state index contributed by atoms with van der Waals surface area (Å²) >= 11 is 6.28. The second kappa shape index (κ2) is 9.68. The van der Waals surface area contributed by atoms with Gasteiger partial charge in [-0.15, -0.1) is 0 Å². The lowest BCUT2D eigenvalue weighted by Crippen LogP contribution is -2.27. The molecule has 2 fully saturated rings. The first kappa shape index (κ1) is 22.3. The maximum absolute atomic E-state index is 12.4. The van der Waals surface area contributed by atoms with Crippen molar-refractivity contribution in [3.05, 3.63) is 58.6 Å². The highest BCUT2D eigenvalue weighted by molar-refractivity contribution is 6.34. The van der Waals surface area contributed by atoms with E-state index < -0.39 is 5.91 Å². The number of fused-ring (bicyclic) bond motifs is 1. The molecule has 168 valence electrons. The van der Waals surface area contributed by atoms with Gasteiger partial charge in [-0.25, -0.2) is 0 Å². The number of hydrogen-bond acceptors (Lipinski definition) is 7. The average Bonchev–Trinajstić information content (AvgIpc) is 3.48. The number of nitrogens with zero attached hydrogens (tertiary/aromatic N) is 3. The van der Waals surface area contributed by atoms with Gasteiger partial charge < -0.3 is 20.8 Å². The topological polar surface area (TPSA) is 109 Å². The molecule has 2 saturated heterocycles. The fourth-order valence-corrected chi connectivity index (χ4v) is 4.39. The number of benzene rings is 1. The van der Waals surface area contributed by atoms with Gasteiger partial charge in [0.1, 0.15) is 6.26 Å². The van der Waals surface area contributed by atoms with Crippen LogP contribution in [-0.4, -0.2) is 55.2 Å². The molecule has 0 spiro atoms. The number of nitrogens with one attached hydrogen (secondary N) is 2. The van der Waals surface area contributed by atoms with Crippen molar-refractivity contribution in [1.29, 1.82) is 0 Å². The minimum Gasteiger partial charge on any atom is -0.431 e. The first-order chi connectivity index (χ1) is 15.4. The van der Waals surface area contributed by atoms with Gasteiger partial charge in [0.05, 0.1) is 16.4 Å². The van der Waals surface area contributed by atoms with E-state index >= 15 is 0 Å². The Bertz CT molecular complexity index is 1060. The third-order valence-corrected chi connectivity index (χ3v) is 6.33. The normalized spacial score (nSPS) is 21.6. The van der Waals surface area contributed by atoms with Crippen LogP contribution in [0.1, 0.15) is 23.0 Å². The van der Waals surface area contributed by atoms with Gasteiger partial charge in [0.25, 0.3) is 11.9 Å². The number of nitrogen functional groups attached to an aromatic ring is 1. The molecule has 2 aliphatic rings. The molecule has 0 radical (unpaired) electrons. The molecule has 2 atom stereocenters. The van der Waals surface area contributed by atoms with Crippen LogP contribution in [-0.2, 0) is 0 Å². The second-order valence-electron chi connectivity index (χ2n) is 8.26. The number of likely N-dealkylation sites (tertiary alicyclic amines) is 1. The standard InChI is InChI=1S/C23H27ClN6O2/c1-14(3-5-18(26-2)12-30-10-16-8-27-9-17(16)11-30)15-4-6-19(24)20(7-15)28-22(31)21-13-32-23(25)29-21/h3-7,13,16-17,27H,2,8-12H2,1H3,(H2,25,29)(H,28,31)/b14-3+,18-5-. The van der Waals surface area contributed by atoms with Crippen molar-refractivity contribution in [2.45, 2.75) is 6.92 Å². The average molecular weight is 455 g/mol. The highest BCUT2D eigenvalue weighted by atomic mass is 35.5. The zero-order valence-corrected chi connectivity index (χ0v) is 18.7. The number of nitrogens with two attached hydrogens (primary N) is 1. The fourth-order valence-electron chi connectivity index (χ4n) is 4.23. The molecule has 2 aromatic rings. The summed E-state index contributed by atoms with van der Waals surface area (Å²) in [5.74, 6) is 1.04. The highest BCUT2D eigenvalue weighted by Crippen LogP contribution is 2.28. The quantitative estimate of drug-likeness (QED) is 0.437. The van der Waals surface area contributed by atoms with Crippen LogP contribution in [0, 0.1) is 11.8 Å². The molecule has 1 aromatic carbocycles. The van der Waals surface area contributed by atoms with Crippen LogP contribution >= 0.6 is 11.6 Å². The number of aromatic nitrogens is 1. The number of rotatable bonds is 7. The van der Waals surface area contributed by atoms with Crippen molar-refractivity contribution < 1.29 is 9.21 Å². The SMILES string of the molecule is C=N/C(=C\C=C(/C)c1ccc(Cl)c(NC(=O)c2coc(N)n2)c1)CN1CC2CNCC2C1. The first-order valence-corrected chi connectivity index (χ1v) is 10.9. The zero-order valence-electron chi connectivity index (χ0n) is 18.0. The largest absolute Gasteiger partial charge is 0.431 e. The van der Waals surface area contributed by atoms with E-state index in [1.54, 1.807) is 6.07 Å². The molecule has 0 saturated carbocycles. The summed E-state index contributed by atoms with van der Waals surface area (Å²) in [5.41, 5.74) is 8.86. The van der Waals surface area contributed by atoms with Gasteiger partial charge in [0.15, 0.2) is 5.69 Å². The Morgan fingerprint density at radius 1 is 1.41 bits per heavy atom. The van der Waals surface area contributed by atoms with Gasteiger partial charge in [-0.3, -0.25) is 14.7 Å². The molecule has 4 N–H and O–H groups in total. The molecule has 9 heteroatoms. The van der Waals surface area contributed by atoms with E-state index in [0.29, 0.717) is 10.7 Å². The van der Waals surface area contributed by atoms with Crippen LogP contribution in [0.5, 0.6) is 0 Å². The van der Waals surface area contributed by atoms with Crippen molar-refractivity contribution in [2.75, 3.05) is 43.8 Å². The molecule has 0 aliphatic carbocycles. The zero-order chi connectivity index (χ0) is 22.7. The Balaban J connectivity index is 1.44. The number of oxazole rings is 1. The number of amides is 1. The molecule has 3 heterocycles. The predicted octanol–water partition coefficient (Wildman–Crippen LogP) is 3.30. The molecular weight excluding hydrogens is 428 g/mol. The van der Waals surface area contributed by atoms with Crippen molar-refractivity contribution in [3.8, 4) is 0 Å². The lowest BCUT2D eigenvalue weighted by Gasteiger charge is -2.16. The molecule has 2 unspecified atom stereocenters. The van der Waals surface area contributed by atoms with Gasteiger partial charge in [-0.1, -0.05) is 23.7 Å². The van der Waals surface area contributed by atoms with Crippen LogP contribution in [0.4, 0.5) is 11.7 Å². The number of carbonyl (C=O) groups is 1. The lowest BCUT2D eigenvalue weighted by atomic mass is 10.0. The van der Waals surface area contributed by atoms with Crippen molar-refractivity contribution >= 4 is 41.5 Å². The van der Waals surface area contributed by atoms with Crippen molar-refractivity contribution in [3.63, 3.8) is 0 Å². The van der Waals surface area contributed by atoms with Gasteiger partial charge >= 0.3 is 0 Å².